The van der Waals surface area contributed by atoms with Crippen molar-refractivity contribution in [3.63, 3.8) is 0 Å². The zero-order chi connectivity index (χ0) is 21.6. The standard InChI is InChI=1S/C23H32N4O4/c28-16-13-25-9-11-26(12-10-25)21-20(19-5-2-1-3-6-19)22(29)27(23(21)30)8-4-7-24-14-17-31-18-15-24/h1-3,5-6,28H,4,7-18H2. The van der Waals surface area contributed by atoms with E-state index in [1.54, 1.807) is 0 Å². The number of piperazine rings is 1. The summed E-state index contributed by atoms with van der Waals surface area (Å²) in [5.41, 5.74) is 1.85. The van der Waals surface area contributed by atoms with Crippen molar-refractivity contribution in [1.29, 1.82) is 0 Å². The third-order valence-electron chi connectivity index (χ3n) is 6.27. The van der Waals surface area contributed by atoms with Crippen LogP contribution in [0, 0.1) is 0 Å². The van der Waals surface area contributed by atoms with Crippen LogP contribution in [0.5, 0.6) is 0 Å². The fourth-order valence-electron chi connectivity index (χ4n) is 4.54. The summed E-state index contributed by atoms with van der Waals surface area (Å²) in [4.78, 5) is 34.8. The van der Waals surface area contributed by atoms with Crippen molar-refractivity contribution in [1.82, 2.24) is 19.6 Å². The van der Waals surface area contributed by atoms with Crippen LogP contribution in [0.3, 0.4) is 0 Å². The number of nitrogens with zero attached hydrogens (tertiary/aromatic N) is 4. The number of rotatable bonds is 8. The lowest BCUT2D eigenvalue weighted by molar-refractivity contribution is -0.137. The number of ether oxygens (including phenoxy) is 1. The SMILES string of the molecule is O=C1C(c2ccccc2)=C(N2CCN(CCO)CC2)C(=O)N1CCCN1CCOCC1. The summed E-state index contributed by atoms with van der Waals surface area (Å²) in [5.74, 6) is -0.368. The number of benzene rings is 1. The van der Waals surface area contributed by atoms with Gasteiger partial charge in [-0.3, -0.25) is 24.3 Å². The molecule has 1 N–H and O–H groups in total. The maximum absolute atomic E-state index is 13.4. The highest BCUT2D eigenvalue weighted by Gasteiger charge is 2.41. The van der Waals surface area contributed by atoms with Crippen molar-refractivity contribution >= 4 is 17.4 Å². The second kappa shape index (κ2) is 10.4. The van der Waals surface area contributed by atoms with Gasteiger partial charge >= 0.3 is 0 Å². The molecule has 0 bridgehead atoms. The van der Waals surface area contributed by atoms with Gasteiger partial charge in [-0.15, -0.1) is 0 Å². The molecule has 3 aliphatic rings. The van der Waals surface area contributed by atoms with Gasteiger partial charge in [0.05, 0.1) is 25.4 Å². The molecule has 3 aliphatic heterocycles. The molecule has 2 amide bonds. The monoisotopic (exact) mass is 428 g/mol. The quantitative estimate of drug-likeness (QED) is 0.589. The highest BCUT2D eigenvalue weighted by Crippen LogP contribution is 2.32. The zero-order valence-electron chi connectivity index (χ0n) is 18.0. The summed E-state index contributed by atoms with van der Waals surface area (Å²) in [6.45, 7) is 8.23. The third kappa shape index (κ3) is 4.98. The number of carbonyl (C=O) groups is 2. The Bertz CT molecular complexity index is 799. The molecule has 2 saturated heterocycles. The van der Waals surface area contributed by atoms with Gasteiger partial charge in [0.25, 0.3) is 11.8 Å². The van der Waals surface area contributed by atoms with E-state index in [1.165, 1.54) is 4.90 Å². The summed E-state index contributed by atoms with van der Waals surface area (Å²) in [6.07, 6.45) is 0.761. The highest BCUT2D eigenvalue weighted by molar-refractivity contribution is 6.35. The number of hydrogen-bond acceptors (Lipinski definition) is 7. The Morgan fingerprint density at radius 3 is 2.16 bits per heavy atom. The second-order valence-corrected chi connectivity index (χ2v) is 8.21. The normalized spacial score (nSPS) is 21.5. The van der Waals surface area contributed by atoms with Crippen molar-refractivity contribution in [2.75, 3.05) is 78.7 Å². The molecule has 1 aromatic carbocycles. The van der Waals surface area contributed by atoms with Crippen molar-refractivity contribution < 1.29 is 19.4 Å². The molecule has 0 saturated carbocycles. The molecule has 4 rings (SSSR count). The molecule has 0 unspecified atom stereocenters. The van der Waals surface area contributed by atoms with Crippen molar-refractivity contribution in [2.24, 2.45) is 0 Å². The van der Waals surface area contributed by atoms with E-state index in [9.17, 15) is 14.7 Å². The summed E-state index contributed by atoms with van der Waals surface area (Å²) in [6, 6.07) is 9.52. The lowest BCUT2D eigenvalue weighted by Gasteiger charge is -2.36. The molecule has 3 heterocycles. The molecule has 1 aromatic rings. The summed E-state index contributed by atoms with van der Waals surface area (Å²) in [5, 5.41) is 9.19. The first kappa shape index (κ1) is 22.0. The van der Waals surface area contributed by atoms with E-state index in [4.69, 9.17) is 4.74 Å². The molecular weight excluding hydrogens is 396 g/mol. The number of carbonyl (C=O) groups excluding carboxylic acids is 2. The van der Waals surface area contributed by atoms with Crippen LogP contribution in [0.1, 0.15) is 12.0 Å². The van der Waals surface area contributed by atoms with E-state index >= 15 is 0 Å². The zero-order valence-corrected chi connectivity index (χ0v) is 18.0. The predicted octanol–water partition coefficient (Wildman–Crippen LogP) is 0.0987. The van der Waals surface area contributed by atoms with E-state index < -0.39 is 0 Å². The maximum Gasteiger partial charge on any atom is 0.277 e. The molecule has 8 nitrogen and oxygen atoms in total. The Morgan fingerprint density at radius 2 is 1.48 bits per heavy atom. The Morgan fingerprint density at radius 1 is 0.806 bits per heavy atom. The highest BCUT2D eigenvalue weighted by atomic mass is 16.5. The minimum absolute atomic E-state index is 0.131. The fourth-order valence-corrected chi connectivity index (χ4v) is 4.54. The van der Waals surface area contributed by atoms with E-state index in [-0.39, 0.29) is 18.4 Å². The van der Waals surface area contributed by atoms with Gasteiger partial charge in [0.15, 0.2) is 0 Å². The van der Waals surface area contributed by atoms with Crippen molar-refractivity contribution in [3.05, 3.63) is 41.6 Å². The van der Waals surface area contributed by atoms with Gasteiger partial charge in [-0.05, 0) is 12.0 Å². The number of aliphatic hydroxyl groups excluding tert-OH is 1. The first-order valence-corrected chi connectivity index (χ1v) is 11.2. The molecule has 31 heavy (non-hydrogen) atoms. The smallest absolute Gasteiger partial charge is 0.277 e. The lowest BCUT2D eigenvalue weighted by Crippen LogP contribution is -2.48. The molecule has 0 atom stereocenters. The topological polar surface area (TPSA) is 76.6 Å². The molecule has 0 radical (unpaired) electrons. The van der Waals surface area contributed by atoms with Crippen molar-refractivity contribution in [3.8, 4) is 0 Å². The van der Waals surface area contributed by atoms with Crippen LogP contribution in [-0.2, 0) is 14.3 Å². The fraction of sp³-hybridized carbons (Fsp3) is 0.565. The Labute approximate surface area is 183 Å². The summed E-state index contributed by atoms with van der Waals surface area (Å²) < 4.78 is 5.39. The molecule has 0 aromatic heterocycles. The van der Waals surface area contributed by atoms with E-state index in [1.807, 2.05) is 30.3 Å². The largest absolute Gasteiger partial charge is 0.395 e. The average molecular weight is 429 g/mol. The maximum atomic E-state index is 13.4. The number of imide groups is 1. The van der Waals surface area contributed by atoms with E-state index in [0.717, 1.165) is 57.9 Å². The number of hydrogen-bond donors (Lipinski definition) is 1. The van der Waals surface area contributed by atoms with Gasteiger partial charge in [-0.25, -0.2) is 0 Å². The number of aliphatic hydroxyl groups is 1. The molecule has 168 valence electrons. The van der Waals surface area contributed by atoms with Gasteiger partial charge in [0.1, 0.15) is 5.70 Å². The van der Waals surface area contributed by atoms with Crippen LogP contribution in [-0.4, -0.2) is 115 Å². The van der Waals surface area contributed by atoms with Crippen LogP contribution in [0.25, 0.3) is 5.57 Å². The first-order chi connectivity index (χ1) is 15.2. The molecule has 0 spiro atoms. The Hall–Kier alpha value is -2.26. The van der Waals surface area contributed by atoms with E-state index in [0.29, 0.717) is 37.4 Å². The lowest BCUT2D eigenvalue weighted by atomic mass is 10.0. The molecule has 0 aliphatic carbocycles. The van der Waals surface area contributed by atoms with Crippen LogP contribution in [0.2, 0.25) is 0 Å². The van der Waals surface area contributed by atoms with Crippen molar-refractivity contribution in [2.45, 2.75) is 6.42 Å². The van der Waals surface area contributed by atoms with Gasteiger partial charge in [0.2, 0.25) is 0 Å². The number of β-amino-alcohol motifs (C(OH)–C–C–N with tert-alkyl or cyclic N) is 1. The number of amides is 2. The van der Waals surface area contributed by atoms with Crippen LogP contribution < -0.4 is 0 Å². The van der Waals surface area contributed by atoms with E-state index in [2.05, 4.69) is 14.7 Å². The number of morpholine rings is 1. The van der Waals surface area contributed by atoms with Crippen LogP contribution in [0.15, 0.2) is 36.0 Å². The average Bonchev–Trinajstić information content (AvgIpc) is 3.06. The van der Waals surface area contributed by atoms with Gasteiger partial charge < -0.3 is 14.7 Å². The minimum Gasteiger partial charge on any atom is -0.395 e. The third-order valence-corrected chi connectivity index (χ3v) is 6.27. The van der Waals surface area contributed by atoms with Crippen LogP contribution in [0.4, 0.5) is 0 Å². The molecule has 8 heteroatoms. The predicted molar refractivity (Wildman–Crippen MR) is 117 cm³/mol. The minimum atomic E-state index is -0.189. The molecule has 2 fully saturated rings. The Balaban J connectivity index is 1.49. The van der Waals surface area contributed by atoms with Gasteiger partial charge in [-0.1, -0.05) is 30.3 Å². The first-order valence-electron chi connectivity index (χ1n) is 11.2. The summed E-state index contributed by atoms with van der Waals surface area (Å²) in [7, 11) is 0. The second-order valence-electron chi connectivity index (χ2n) is 8.21. The van der Waals surface area contributed by atoms with Gasteiger partial charge in [-0.2, -0.15) is 0 Å². The van der Waals surface area contributed by atoms with Crippen LogP contribution >= 0.6 is 0 Å². The Kier molecular flexibility index (Phi) is 7.34. The molecular formula is C23H32N4O4. The summed E-state index contributed by atoms with van der Waals surface area (Å²) >= 11 is 0. The van der Waals surface area contributed by atoms with Gasteiger partial charge in [0, 0.05) is 58.9 Å².